The van der Waals surface area contributed by atoms with Crippen LogP contribution in [0.3, 0.4) is 0 Å². The first-order valence-electron chi connectivity index (χ1n) is 8.53. The van der Waals surface area contributed by atoms with Gasteiger partial charge in [-0.1, -0.05) is 28.1 Å². The molecule has 0 unspecified atom stereocenters. The van der Waals surface area contributed by atoms with E-state index < -0.39 is 0 Å². The molecule has 0 atom stereocenters. The molecule has 2 aliphatic rings. The number of ether oxygens (including phenoxy) is 1. The number of hydrogen-bond acceptors (Lipinski definition) is 3. The lowest BCUT2D eigenvalue weighted by Gasteiger charge is -2.33. The Hall–Kier alpha value is -0.910. The molecule has 126 valence electrons. The highest BCUT2D eigenvalue weighted by molar-refractivity contribution is 9.10. The van der Waals surface area contributed by atoms with Crippen LogP contribution in [0.1, 0.15) is 24.8 Å². The predicted molar refractivity (Wildman–Crippen MR) is 94.2 cm³/mol. The van der Waals surface area contributed by atoms with Crippen LogP contribution in [-0.4, -0.2) is 55.1 Å². The Morgan fingerprint density at radius 3 is 2.39 bits per heavy atom. The van der Waals surface area contributed by atoms with Crippen molar-refractivity contribution >= 4 is 21.8 Å². The summed E-state index contributed by atoms with van der Waals surface area (Å²) in [7, 11) is 0. The topological polar surface area (TPSA) is 32.8 Å². The number of carbonyl (C=O) groups is 1. The first-order chi connectivity index (χ1) is 11.2. The second-order valence-corrected chi connectivity index (χ2v) is 7.46. The van der Waals surface area contributed by atoms with E-state index in [1.54, 1.807) is 0 Å². The first kappa shape index (κ1) is 16.9. The third-order valence-electron chi connectivity index (χ3n) is 4.85. The van der Waals surface area contributed by atoms with E-state index in [9.17, 15) is 4.79 Å². The number of piperidine rings is 1. The molecule has 0 N–H and O–H groups in total. The van der Waals surface area contributed by atoms with Crippen molar-refractivity contribution in [2.45, 2.75) is 25.8 Å². The monoisotopic (exact) mass is 380 g/mol. The molecule has 1 aromatic rings. The van der Waals surface area contributed by atoms with Gasteiger partial charge in [0, 0.05) is 30.5 Å². The van der Waals surface area contributed by atoms with Crippen molar-refractivity contribution in [1.29, 1.82) is 0 Å². The van der Waals surface area contributed by atoms with E-state index in [1.165, 1.54) is 5.56 Å². The summed E-state index contributed by atoms with van der Waals surface area (Å²) in [6, 6.07) is 8.56. The normalized spacial score (nSPS) is 20.7. The SMILES string of the molecule is O=C(CC1CCN(Cc2ccc(Br)cc2)CC1)N1CCOCC1. The molecule has 0 radical (unpaired) electrons. The summed E-state index contributed by atoms with van der Waals surface area (Å²) < 4.78 is 6.44. The van der Waals surface area contributed by atoms with E-state index in [1.807, 2.05) is 4.90 Å². The van der Waals surface area contributed by atoms with Crippen molar-refractivity contribution in [2.24, 2.45) is 5.92 Å². The molecule has 2 heterocycles. The van der Waals surface area contributed by atoms with Crippen molar-refractivity contribution < 1.29 is 9.53 Å². The molecule has 5 heteroatoms. The van der Waals surface area contributed by atoms with Gasteiger partial charge in [-0.2, -0.15) is 0 Å². The Morgan fingerprint density at radius 1 is 1.09 bits per heavy atom. The molecule has 4 nitrogen and oxygen atoms in total. The largest absolute Gasteiger partial charge is 0.378 e. The fourth-order valence-corrected chi connectivity index (χ4v) is 3.65. The predicted octanol–water partition coefficient (Wildman–Crippen LogP) is 2.91. The molecule has 3 rings (SSSR count). The summed E-state index contributed by atoms with van der Waals surface area (Å²) in [5, 5.41) is 0. The van der Waals surface area contributed by atoms with Crippen LogP contribution in [0.5, 0.6) is 0 Å². The van der Waals surface area contributed by atoms with Gasteiger partial charge in [0.2, 0.25) is 5.91 Å². The number of halogens is 1. The molecule has 0 aromatic heterocycles. The van der Waals surface area contributed by atoms with Crippen LogP contribution in [0, 0.1) is 5.92 Å². The maximum absolute atomic E-state index is 12.3. The van der Waals surface area contributed by atoms with Crippen LogP contribution >= 0.6 is 15.9 Å². The number of hydrogen-bond donors (Lipinski definition) is 0. The zero-order valence-corrected chi connectivity index (χ0v) is 15.1. The van der Waals surface area contributed by atoms with Crippen LogP contribution in [-0.2, 0) is 16.1 Å². The van der Waals surface area contributed by atoms with Gasteiger partial charge < -0.3 is 9.64 Å². The van der Waals surface area contributed by atoms with Crippen molar-refractivity contribution in [3.8, 4) is 0 Å². The Labute approximate surface area is 146 Å². The maximum atomic E-state index is 12.3. The molecule has 0 aliphatic carbocycles. The van der Waals surface area contributed by atoms with E-state index in [4.69, 9.17) is 4.74 Å². The van der Waals surface area contributed by atoms with E-state index in [0.29, 0.717) is 31.5 Å². The van der Waals surface area contributed by atoms with E-state index in [-0.39, 0.29) is 0 Å². The number of carbonyl (C=O) groups excluding carboxylic acids is 1. The number of benzene rings is 1. The first-order valence-corrected chi connectivity index (χ1v) is 9.32. The van der Waals surface area contributed by atoms with Gasteiger partial charge in [0.25, 0.3) is 0 Å². The zero-order chi connectivity index (χ0) is 16.1. The second-order valence-electron chi connectivity index (χ2n) is 6.54. The van der Waals surface area contributed by atoms with Crippen LogP contribution in [0.25, 0.3) is 0 Å². The van der Waals surface area contributed by atoms with Gasteiger partial charge in [-0.3, -0.25) is 9.69 Å². The van der Waals surface area contributed by atoms with Crippen LogP contribution in [0.4, 0.5) is 0 Å². The number of morpholine rings is 1. The molecular formula is C18H25BrN2O2. The number of rotatable bonds is 4. The minimum Gasteiger partial charge on any atom is -0.378 e. The second kappa shape index (κ2) is 8.27. The fourth-order valence-electron chi connectivity index (χ4n) is 3.39. The van der Waals surface area contributed by atoms with Gasteiger partial charge in [0.15, 0.2) is 0 Å². The molecule has 2 fully saturated rings. The summed E-state index contributed by atoms with van der Waals surface area (Å²) in [4.78, 5) is 16.8. The number of likely N-dealkylation sites (tertiary alicyclic amines) is 1. The third-order valence-corrected chi connectivity index (χ3v) is 5.38. The molecule has 2 aliphatic heterocycles. The fraction of sp³-hybridized carbons (Fsp3) is 0.611. The van der Waals surface area contributed by atoms with Gasteiger partial charge in [-0.05, 0) is 49.5 Å². The Morgan fingerprint density at radius 2 is 1.74 bits per heavy atom. The lowest BCUT2D eigenvalue weighted by atomic mass is 9.92. The molecule has 1 aromatic carbocycles. The van der Waals surface area contributed by atoms with Crippen LogP contribution in [0.2, 0.25) is 0 Å². The number of amides is 1. The van der Waals surface area contributed by atoms with Crippen molar-refractivity contribution in [2.75, 3.05) is 39.4 Å². The van der Waals surface area contributed by atoms with Crippen molar-refractivity contribution in [3.63, 3.8) is 0 Å². The highest BCUT2D eigenvalue weighted by atomic mass is 79.9. The summed E-state index contributed by atoms with van der Waals surface area (Å²) in [6.45, 7) is 6.11. The smallest absolute Gasteiger partial charge is 0.223 e. The lowest BCUT2D eigenvalue weighted by Crippen LogP contribution is -2.42. The van der Waals surface area contributed by atoms with Crippen molar-refractivity contribution in [1.82, 2.24) is 9.80 Å². The summed E-state index contributed by atoms with van der Waals surface area (Å²) in [6.07, 6.45) is 2.98. The molecule has 2 saturated heterocycles. The van der Waals surface area contributed by atoms with E-state index in [0.717, 1.165) is 50.0 Å². The quantitative estimate of drug-likeness (QED) is 0.804. The highest BCUT2D eigenvalue weighted by Crippen LogP contribution is 2.23. The van der Waals surface area contributed by atoms with Gasteiger partial charge >= 0.3 is 0 Å². The standard InChI is InChI=1S/C18H25BrN2O2/c19-17-3-1-16(2-4-17)14-20-7-5-15(6-8-20)13-18(22)21-9-11-23-12-10-21/h1-4,15H,5-14H2. The van der Waals surface area contributed by atoms with Gasteiger partial charge in [-0.25, -0.2) is 0 Å². The summed E-state index contributed by atoms with van der Waals surface area (Å²) in [5.74, 6) is 0.867. The average molecular weight is 381 g/mol. The molecule has 0 saturated carbocycles. The molecule has 0 bridgehead atoms. The Bertz CT molecular complexity index is 506. The number of nitrogens with zero attached hydrogens (tertiary/aromatic N) is 2. The van der Waals surface area contributed by atoms with Gasteiger partial charge in [-0.15, -0.1) is 0 Å². The van der Waals surface area contributed by atoms with Gasteiger partial charge in [0.1, 0.15) is 0 Å². The van der Waals surface area contributed by atoms with Crippen molar-refractivity contribution in [3.05, 3.63) is 34.3 Å². The molecule has 1 amide bonds. The molecule has 23 heavy (non-hydrogen) atoms. The minimum atomic E-state index is 0.319. The summed E-state index contributed by atoms with van der Waals surface area (Å²) in [5.41, 5.74) is 1.36. The van der Waals surface area contributed by atoms with E-state index in [2.05, 4.69) is 45.1 Å². The molecular weight excluding hydrogens is 356 g/mol. The Balaban J connectivity index is 1.41. The van der Waals surface area contributed by atoms with Gasteiger partial charge in [0.05, 0.1) is 13.2 Å². The molecule has 0 spiro atoms. The highest BCUT2D eigenvalue weighted by Gasteiger charge is 2.24. The maximum Gasteiger partial charge on any atom is 0.223 e. The Kier molecular flexibility index (Phi) is 6.08. The average Bonchev–Trinajstić information content (AvgIpc) is 2.59. The lowest BCUT2D eigenvalue weighted by molar-refractivity contribution is -0.136. The third kappa shape index (κ3) is 5.03. The van der Waals surface area contributed by atoms with E-state index >= 15 is 0 Å². The summed E-state index contributed by atoms with van der Waals surface area (Å²) >= 11 is 3.48. The zero-order valence-electron chi connectivity index (χ0n) is 13.5. The minimum absolute atomic E-state index is 0.319. The van der Waals surface area contributed by atoms with Crippen LogP contribution in [0.15, 0.2) is 28.7 Å². The van der Waals surface area contributed by atoms with Crippen LogP contribution < -0.4 is 0 Å².